The molecule has 0 saturated carbocycles. The van der Waals surface area contributed by atoms with Crippen molar-refractivity contribution in [1.29, 1.82) is 0 Å². The van der Waals surface area contributed by atoms with Gasteiger partial charge in [0.25, 0.3) is 0 Å². The summed E-state index contributed by atoms with van der Waals surface area (Å²) >= 11 is 0. The van der Waals surface area contributed by atoms with E-state index in [1.54, 1.807) is 0 Å². The van der Waals surface area contributed by atoms with Gasteiger partial charge in [0, 0.05) is 12.1 Å². The summed E-state index contributed by atoms with van der Waals surface area (Å²) in [7, 11) is 0. The standard InChI is InChI=1S/C15H32N2/c1-4-6-8-9-10-12-15(3,14-16)17-13-11-7-5-2/h5,7,17H,4,6,8-14,16H2,1-3H3/b7-5+. The van der Waals surface area contributed by atoms with E-state index in [-0.39, 0.29) is 5.54 Å². The van der Waals surface area contributed by atoms with Crippen LogP contribution in [0.2, 0.25) is 0 Å². The highest BCUT2D eigenvalue weighted by molar-refractivity contribution is 4.86. The maximum atomic E-state index is 5.88. The van der Waals surface area contributed by atoms with Gasteiger partial charge < -0.3 is 11.1 Å². The van der Waals surface area contributed by atoms with E-state index in [0.29, 0.717) is 0 Å². The lowest BCUT2D eigenvalue weighted by Gasteiger charge is -2.29. The van der Waals surface area contributed by atoms with Crippen LogP contribution < -0.4 is 11.1 Å². The molecule has 0 aromatic heterocycles. The third-order valence-corrected chi connectivity index (χ3v) is 3.38. The molecule has 2 nitrogen and oxygen atoms in total. The van der Waals surface area contributed by atoms with E-state index in [9.17, 15) is 0 Å². The van der Waals surface area contributed by atoms with Gasteiger partial charge in [0.15, 0.2) is 0 Å². The molecular weight excluding hydrogens is 208 g/mol. The Morgan fingerprint density at radius 3 is 2.47 bits per heavy atom. The van der Waals surface area contributed by atoms with Crippen LogP contribution in [0.4, 0.5) is 0 Å². The SMILES string of the molecule is C/C=C/CCNC(C)(CN)CCCCCCC. The fraction of sp³-hybridized carbons (Fsp3) is 0.867. The lowest BCUT2D eigenvalue weighted by Crippen LogP contribution is -2.48. The van der Waals surface area contributed by atoms with Crippen LogP contribution in [0.3, 0.4) is 0 Å². The van der Waals surface area contributed by atoms with Crippen molar-refractivity contribution in [2.75, 3.05) is 13.1 Å². The molecule has 1 atom stereocenters. The van der Waals surface area contributed by atoms with Gasteiger partial charge in [-0.2, -0.15) is 0 Å². The first kappa shape index (κ1) is 16.7. The van der Waals surface area contributed by atoms with Crippen molar-refractivity contribution in [3.63, 3.8) is 0 Å². The highest BCUT2D eigenvalue weighted by Gasteiger charge is 2.20. The fourth-order valence-corrected chi connectivity index (χ4v) is 2.01. The lowest BCUT2D eigenvalue weighted by molar-refractivity contribution is 0.329. The highest BCUT2D eigenvalue weighted by Crippen LogP contribution is 2.14. The van der Waals surface area contributed by atoms with Crippen LogP contribution in [0, 0.1) is 0 Å². The predicted octanol–water partition coefficient (Wildman–Crippen LogP) is 3.62. The van der Waals surface area contributed by atoms with Crippen molar-refractivity contribution in [3.05, 3.63) is 12.2 Å². The number of hydrogen-bond donors (Lipinski definition) is 2. The minimum Gasteiger partial charge on any atom is -0.329 e. The van der Waals surface area contributed by atoms with E-state index in [1.807, 2.05) is 0 Å². The minimum atomic E-state index is 0.133. The van der Waals surface area contributed by atoms with Crippen molar-refractivity contribution in [3.8, 4) is 0 Å². The quantitative estimate of drug-likeness (QED) is 0.427. The second kappa shape index (κ2) is 10.8. The van der Waals surface area contributed by atoms with E-state index in [0.717, 1.165) is 19.5 Å². The third kappa shape index (κ3) is 9.37. The molecule has 0 aliphatic rings. The number of nitrogens with two attached hydrogens (primary N) is 1. The molecular formula is C15H32N2. The van der Waals surface area contributed by atoms with Gasteiger partial charge in [-0.05, 0) is 33.2 Å². The molecule has 0 aromatic carbocycles. The second-order valence-electron chi connectivity index (χ2n) is 5.21. The van der Waals surface area contributed by atoms with Crippen LogP contribution in [0.25, 0.3) is 0 Å². The van der Waals surface area contributed by atoms with Gasteiger partial charge in [0.2, 0.25) is 0 Å². The van der Waals surface area contributed by atoms with E-state index in [1.165, 1.54) is 38.5 Å². The van der Waals surface area contributed by atoms with Crippen molar-refractivity contribution in [2.45, 2.75) is 71.3 Å². The number of nitrogens with one attached hydrogen (secondary N) is 1. The van der Waals surface area contributed by atoms with Gasteiger partial charge in [-0.25, -0.2) is 0 Å². The molecule has 0 rings (SSSR count). The Morgan fingerprint density at radius 2 is 1.88 bits per heavy atom. The Bertz CT molecular complexity index is 189. The lowest BCUT2D eigenvalue weighted by atomic mass is 9.94. The van der Waals surface area contributed by atoms with Crippen molar-refractivity contribution in [1.82, 2.24) is 5.32 Å². The largest absolute Gasteiger partial charge is 0.329 e. The van der Waals surface area contributed by atoms with Crippen LogP contribution in [-0.2, 0) is 0 Å². The zero-order valence-electron chi connectivity index (χ0n) is 12.1. The summed E-state index contributed by atoms with van der Waals surface area (Å²) < 4.78 is 0. The van der Waals surface area contributed by atoms with Gasteiger partial charge in [0.05, 0.1) is 0 Å². The normalized spacial score (nSPS) is 15.3. The first-order valence-electron chi connectivity index (χ1n) is 7.24. The van der Waals surface area contributed by atoms with E-state index in [2.05, 4.69) is 38.2 Å². The van der Waals surface area contributed by atoms with E-state index in [4.69, 9.17) is 5.73 Å². The number of unbranched alkanes of at least 4 members (excludes halogenated alkanes) is 4. The smallest absolute Gasteiger partial charge is 0.0275 e. The summed E-state index contributed by atoms with van der Waals surface area (Å²) in [4.78, 5) is 0. The van der Waals surface area contributed by atoms with Crippen LogP contribution in [0.15, 0.2) is 12.2 Å². The summed E-state index contributed by atoms with van der Waals surface area (Å²) in [5.41, 5.74) is 6.01. The fourth-order valence-electron chi connectivity index (χ4n) is 2.01. The molecule has 17 heavy (non-hydrogen) atoms. The van der Waals surface area contributed by atoms with Gasteiger partial charge in [0.1, 0.15) is 0 Å². The zero-order valence-corrected chi connectivity index (χ0v) is 12.1. The molecule has 0 bridgehead atoms. The molecule has 0 aliphatic carbocycles. The predicted molar refractivity (Wildman–Crippen MR) is 78.3 cm³/mol. The second-order valence-corrected chi connectivity index (χ2v) is 5.21. The Hall–Kier alpha value is -0.340. The summed E-state index contributed by atoms with van der Waals surface area (Å²) in [5, 5.41) is 3.60. The molecule has 2 heteroatoms. The van der Waals surface area contributed by atoms with Crippen LogP contribution >= 0.6 is 0 Å². The number of rotatable bonds is 11. The van der Waals surface area contributed by atoms with Crippen LogP contribution in [0.1, 0.15) is 65.7 Å². The molecule has 0 aliphatic heterocycles. The van der Waals surface area contributed by atoms with E-state index < -0.39 is 0 Å². The number of hydrogen-bond acceptors (Lipinski definition) is 2. The summed E-state index contributed by atoms with van der Waals surface area (Å²) in [6, 6.07) is 0. The molecule has 0 fully saturated rings. The van der Waals surface area contributed by atoms with E-state index >= 15 is 0 Å². The maximum Gasteiger partial charge on any atom is 0.0275 e. The van der Waals surface area contributed by atoms with Crippen molar-refractivity contribution < 1.29 is 0 Å². The molecule has 0 radical (unpaired) electrons. The molecule has 0 spiro atoms. The van der Waals surface area contributed by atoms with Crippen molar-refractivity contribution >= 4 is 0 Å². The first-order valence-corrected chi connectivity index (χ1v) is 7.24. The van der Waals surface area contributed by atoms with Gasteiger partial charge >= 0.3 is 0 Å². The Morgan fingerprint density at radius 1 is 1.18 bits per heavy atom. The summed E-state index contributed by atoms with van der Waals surface area (Å²) in [6.45, 7) is 8.34. The molecule has 0 saturated heterocycles. The molecule has 0 amide bonds. The molecule has 102 valence electrons. The highest BCUT2D eigenvalue weighted by atomic mass is 15.0. The Balaban J connectivity index is 3.68. The van der Waals surface area contributed by atoms with Gasteiger partial charge in [-0.1, -0.05) is 51.2 Å². The third-order valence-electron chi connectivity index (χ3n) is 3.38. The molecule has 0 heterocycles. The Kier molecular flexibility index (Phi) is 10.6. The molecule has 0 aromatic rings. The van der Waals surface area contributed by atoms with Crippen molar-refractivity contribution in [2.24, 2.45) is 5.73 Å². The van der Waals surface area contributed by atoms with Gasteiger partial charge in [-0.15, -0.1) is 0 Å². The topological polar surface area (TPSA) is 38.0 Å². The van der Waals surface area contributed by atoms with Crippen LogP contribution in [0.5, 0.6) is 0 Å². The van der Waals surface area contributed by atoms with Crippen LogP contribution in [-0.4, -0.2) is 18.6 Å². The van der Waals surface area contributed by atoms with Gasteiger partial charge in [-0.3, -0.25) is 0 Å². The monoisotopic (exact) mass is 240 g/mol. The summed E-state index contributed by atoms with van der Waals surface area (Å²) in [5.74, 6) is 0. The Labute approximate surface area is 108 Å². The molecule has 3 N–H and O–H groups in total. The zero-order chi connectivity index (χ0) is 13.0. The first-order chi connectivity index (χ1) is 8.18. The summed E-state index contributed by atoms with van der Waals surface area (Å²) in [6.07, 6.45) is 13.3. The minimum absolute atomic E-state index is 0.133. The maximum absolute atomic E-state index is 5.88. The number of allylic oxidation sites excluding steroid dienone is 1. The average molecular weight is 240 g/mol. The average Bonchev–Trinajstić information content (AvgIpc) is 2.34. The molecule has 1 unspecified atom stereocenters.